The van der Waals surface area contributed by atoms with Gasteiger partial charge in [-0.15, -0.1) is 0 Å². The summed E-state index contributed by atoms with van der Waals surface area (Å²) in [6.45, 7) is 14.0. The van der Waals surface area contributed by atoms with Crippen LogP contribution in [0.15, 0.2) is 9.52 Å². The van der Waals surface area contributed by atoms with Crippen LogP contribution in [0.1, 0.15) is 39.4 Å². The topological polar surface area (TPSA) is 78.6 Å². The van der Waals surface area contributed by atoms with Crippen molar-refractivity contribution in [1.82, 2.24) is 25.7 Å². The van der Waals surface area contributed by atoms with Crippen molar-refractivity contribution in [1.29, 1.82) is 0 Å². The van der Waals surface area contributed by atoms with Gasteiger partial charge in [-0.3, -0.25) is 4.90 Å². The molecule has 7 heteroatoms. The summed E-state index contributed by atoms with van der Waals surface area (Å²) in [6.07, 6.45) is 0. The molecule has 0 aromatic carbocycles. The Hall–Kier alpha value is -1.63. The average Bonchev–Trinajstić information content (AvgIpc) is 3.03. The number of aromatic nitrogens is 2. The molecule has 7 nitrogen and oxygen atoms in total. The number of guanidine groups is 1. The highest BCUT2D eigenvalue weighted by atomic mass is 16.5. The van der Waals surface area contributed by atoms with E-state index in [0.29, 0.717) is 36.3 Å². The lowest BCUT2D eigenvalue weighted by Gasteiger charge is -2.21. The van der Waals surface area contributed by atoms with Crippen molar-refractivity contribution in [3.8, 4) is 0 Å². The SMILES string of the molecule is CCNC(=NCc1noc(C)n1)NC1CN(C(C)C)CC1C. The fourth-order valence-electron chi connectivity index (χ4n) is 2.66. The molecule has 0 aliphatic carbocycles. The summed E-state index contributed by atoms with van der Waals surface area (Å²) in [5.41, 5.74) is 0. The number of nitrogens with one attached hydrogen (secondary N) is 2. The van der Waals surface area contributed by atoms with Gasteiger partial charge >= 0.3 is 0 Å². The maximum Gasteiger partial charge on any atom is 0.223 e. The van der Waals surface area contributed by atoms with Crippen molar-refractivity contribution in [2.45, 2.75) is 53.2 Å². The normalized spacial score (nSPS) is 23.3. The molecular weight excluding hydrogens is 280 g/mol. The highest BCUT2D eigenvalue weighted by Crippen LogP contribution is 2.18. The standard InChI is InChI=1S/C15H28N6O/c1-6-16-15(17-7-14-18-12(5)22-20-14)19-13-9-21(10(2)3)8-11(13)4/h10-11,13H,6-9H2,1-5H3,(H2,16,17,19). The lowest BCUT2D eigenvalue weighted by molar-refractivity contribution is 0.265. The van der Waals surface area contributed by atoms with E-state index in [1.165, 1.54) is 0 Å². The van der Waals surface area contributed by atoms with Crippen molar-refractivity contribution in [3.63, 3.8) is 0 Å². The minimum absolute atomic E-state index is 0.409. The van der Waals surface area contributed by atoms with E-state index in [1.807, 2.05) is 0 Å². The molecule has 1 saturated heterocycles. The van der Waals surface area contributed by atoms with Crippen molar-refractivity contribution < 1.29 is 4.52 Å². The van der Waals surface area contributed by atoms with Crippen molar-refractivity contribution in [2.24, 2.45) is 10.9 Å². The smallest absolute Gasteiger partial charge is 0.223 e. The highest BCUT2D eigenvalue weighted by molar-refractivity contribution is 5.80. The molecule has 2 heterocycles. The van der Waals surface area contributed by atoms with E-state index in [-0.39, 0.29) is 0 Å². The molecule has 2 atom stereocenters. The monoisotopic (exact) mass is 308 g/mol. The first kappa shape index (κ1) is 16.7. The Labute approximate surface area is 132 Å². The van der Waals surface area contributed by atoms with Crippen LogP contribution in [0.25, 0.3) is 0 Å². The van der Waals surface area contributed by atoms with Gasteiger partial charge in [-0.1, -0.05) is 12.1 Å². The summed E-state index contributed by atoms with van der Waals surface area (Å²) in [5.74, 6) is 2.59. The Morgan fingerprint density at radius 3 is 2.77 bits per heavy atom. The first-order valence-corrected chi connectivity index (χ1v) is 8.07. The van der Waals surface area contributed by atoms with Crippen LogP contribution < -0.4 is 10.6 Å². The minimum Gasteiger partial charge on any atom is -0.357 e. The molecule has 0 amide bonds. The van der Waals surface area contributed by atoms with E-state index in [9.17, 15) is 0 Å². The van der Waals surface area contributed by atoms with Crippen molar-refractivity contribution in [3.05, 3.63) is 11.7 Å². The van der Waals surface area contributed by atoms with Crippen LogP contribution in [0.4, 0.5) is 0 Å². The second-order valence-corrected chi connectivity index (χ2v) is 6.20. The molecule has 124 valence electrons. The molecule has 1 aromatic rings. The molecule has 2 rings (SSSR count). The molecule has 1 aliphatic rings. The number of likely N-dealkylation sites (tertiary alicyclic amines) is 1. The predicted molar refractivity (Wildman–Crippen MR) is 86.6 cm³/mol. The van der Waals surface area contributed by atoms with E-state index in [2.05, 4.69) is 58.4 Å². The van der Waals surface area contributed by atoms with E-state index >= 15 is 0 Å². The van der Waals surface area contributed by atoms with Crippen LogP contribution in [0.5, 0.6) is 0 Å². The molecule has 22 heavy (non-hydrogen) atoms. The average molecular weight is 308 g/mol. The van der Waals surface area contributed by atoms with Gasteiger partial charge in [0.05, 0.1) is 0 Å². The first-order valence-electron chi connectivity index (χ1n) is 8.07. The number of hydrogen-bond donors (Lipinski definition) is 2. The number of nitrogens with zero attached hydrogens (tertiary/aromatic N) is 4. The Morgan fingerprint density at radius 1 is 1.45 bits per heavy atom. The molecule has 1 aromatic heterocycles. The number of rotatable bonds is 5. The molecule has 2 N–H and O–H groups in total. The largest absolute Gasteiger partial charge is 0.357 e. The molecule has 0 bridgehead atoms. The zero-order chi connectivity index (χ0) is 16.1. The van der Waals surface area contributed by atoms with Crippen LogP contribution in [0.2, 0.25) is 0 Å². The summed E-state index contributed by atoms with van der Waals surface area (Å²) in [7, 11) is 0. The van der Waals surface area contributed by atoms with Crippen LogP contribution >= 0.6 is 0 Å². The van der Waals surface area contributed by atoms with E-state index in [1.54, 1.807) is 6.92 Å². The van der Waals surface area contributed by atoms with Crippen molar-refractivity contribution in [2.75, 3.05) is 19.6 Å². The predicted octanol–water partition coefficient (Wildman–Crippen LogP) is 1.16. The van der Waals surface area contributed by atoms with Crippen LogP contribution in [0.3, 0.4) is 0 Å². The summed E-state index contributed by atoms with van der Waals surface area (Å²) in [5, 5.41) is 10.7. The maximum absolute atomic E-state index is 4.97. The molecule has 0 saturated carbocycles. The zero-order valence-electron chi connectivity index (χ0n) is 14.3. The summed E-state index contributed by atoms with van der Waals surface area (Å²) in [6, 6.07) is 0.989. The number of aliphatic imine (C=N–C) groups is 1. The Bertz CT molecular complexity index is 498. The molecule has 2 unspecified atom stereocenters. The van der Waals surface area contributed by atoms with Crippen LogP contribution in [-0.4, -0.2) is 52.7 Å². The van der Waals surface area contributed by atoms with Gasteiger partial charge in [0.2, 0.25) is 5.89 Å². The van der Waals surface area contributed by atoms with Gasteiger partial charge < -0.3 is 15.2 Å². The lowest BCUT2D eigenvalue weighted by atomic mass is 10.1. The van der Waals surface area contributed by atoms with Gasteiger partial charge in [0.15, 0.2) is 11.8 Å². The van der Waals surface area contributed by atoms with Gasteiger partial charge in [-0.05, 0) is 26.7 Å². The quantitative estimate of drug-likeness (QED) is 0.628. The fraction of sp³-hybridized carbons (Fsp3) is 0.800. The van der Waals surface area contributed by atoms with Gasteiger partial charge in [-0.2, -0.15) is 4.98 Å². The molecule has 1 fully saturated rings. The van der Waals surface area contributed by atoms with Gasteiger partial charge in [0.25, 0.3) is 0 Å². The molecular formula is C15H28N6O. The lowest BCUT2D eigenvalue weighted by Crippen LogP contribution is -2.46. The molecule has 0 spiro atoms. The second-order valence-electron chi connectivity index (χ2n) is 6.20. The Kier molecular flexibility index (Phi) is 5.76. The minimum atomic E-state index is 0.409. The number of aryl methyl sites for hydroxylation is 1. The highest BCUT2D eigenvalue weighted by Gasteiger charge is 2.31. The zero-order valence-corrected chi connectivity index (χ0v) is 14.3. The third-order valence-electron chi connectivity index (χ3n) is 3.99. The Morgan fingerprint density at radius 2 is 2.23 bits per heavy atom. The maximum atomic E-state index is 4.97. The fourth-order valence-corrected chi connectivity index (χ4v) is 2.66. The summed E-state index contributed by atoms with van der Waals surface area (Å²) >= 11 is 0. The number of hydrogen-bond acceptors (Lipinski definition) is 5. The molecule has 0 radical (unpaired) electrons. The Balaban J connectivity index is 1.96. The second kappa shape index (κ2) is 7.58. The first-order chi connectivity index (χ1) is 10.5. The van der Waals surface area contributed by atoms with E-state index < -0.39 is 0 Å². The third kappa shape index (κ3) is 4.43. The van der Waals surface area contributed by atoms with E-state index in [0.717, 1.165) is 25.6 Å². The molecule has 1 aliphatic heterocycles. The van der Waals surface area contributed by atoms with Gasteiger partial charge in [0.1, 0.15) is 6.54 Å². The van der Waals surface area contributed by atoms with E-state index in [4.69, 9.17) is 4.52 Å². The van der Waals surface area contributed by atoms with Crippen molar-refractivity contribution >= 4 is 5.96 Å². The van der Waals surface area contributed by atoms with Gasteiger partial charge in [-0.25, -0.2) is 4.99 Å². The van der Waals surface area contributed by atoms with Crippen LogP contribution in [0, 0.1) is 12.8 Å². The summed E-state index contributed by atoms with van der Waals surface area (Å²) in [4.78, 5) is 11.2. The summed E-state index contributed by atoms with van der Waals surface area (Å²) < 4.78 is 4.97. The van der Waals surface area contributed by atoms with Crippen LogP contribution in [-0.2, 0) is 6.54 Å². The van der Waals surface area contributed by atoms with Gasteiger partial charge in [0, 0.05) is 38.6 Å². The third-order valence-corrected chi connectivity index (χ3v) is 3.99.